The van der Waals surface area contributed by atoms with Gasteiger partial charge >= 0.3 is 0 Å². The molecule has 0 amide bonds. The van der Waals surface area contributed by atoms with Crippen LogP contribution < -0.4 is 5.32 Å². The molecule has 0 spiro atoms. The van der Waals surface area contributed by atoms with E-state index in [0.717, 1.165) is 6.04 Å². The zero-order valence-electron chi connectivity index (χ0n) is 12.5. The van der Waals surface area contributed by atoms with Crippen LogP contribution in [0.3, 0.4) is 0 Å². The third-order valence-electron chi connectivity index (χ3n) is 4.98. The molecule has 1 atom stereocenters. The molecule has 0 aromatic carbocycles. The van der Waals surface area contributed by atoms with Gasteiger partial charge in [0.2, 0.25) is 0 Å². The van der Waals surface area contributed by atoms with Crippen LogP contribution in [0.4, 0.5) is 0 Å². The maximum Gasteiger partial charge on any atom is 0.0229 e. The van der Waals surface area contributed by atoms with Crippen LogP contribution in [-0.2, 0) is 0 Å². The first-order chi connectivity index (χ1) is 8.65. The third kappa shape index (κ3) is 3.46. The van der Waals surface area contributed by atoms with E-state index in [0.29, 0.717) is 5.41 Å². The lowest BCUT2D eigenvalue weighted by atomic mass is 9.75. The lowest BCUT2D eigenvalue weighted by Crippen LogP contribution is -2.44. The van der Waals surface area contributed by atoms with Crippen LogP contribution in [-0.4, -0.2) is 62.7 Å². The van der Waals surface area contributed by atoms with E-state index < -0.39 is 0 Å². The predicted octanol–water partition coefficient (Wildman–Crippen LogP) is 1.79. The molecule has 3 heteroatoms. The second-order valence-corrected chi connectivity index (χ2v) is 6.64. The van der Waals surface area contributed by atoms with Crippen LogP contribution in [0.15, 0.2) is 0 Å². The molecule has 18 heavy (non-hydrogen) atoms. The average Bonchev–Trinajstić information content (AvgIpc) is 2.79. The molecule has 2 aliphatic rings. The molecule has 0 aromatic rings. The van der Waals surface area contributed by atoms with Crippen LogP contribution in [0, 0.1) is 5.41 Å². The van der Waals surface area contributed by atoms with Gasteiger partial charge in [-0.25, -0.2) is 0 Å². The number of hydrogen-bond acceptors (Lipinski definition) is 3. The molecule has 0 bridgehead atoms. The topological polar surface area (TPSA) is 18.5 Å². The largest absolute Gasteiger partial charge is 0.317 e. The lowest BCUT2D eigenvalue weighted by Gasteiger charge is -2.40. The SMILES string of the molecule is CCCC1(CN2CCC(N(C)C)C2)CCNCC1. The smallest absolute Gasteiger partial charge is 0.0229 e. The lowest BCUT2D eigenvalue weighted by molar-refractivity contribution is 0.111. The number of likely N-dealkylation sites (N-methyl/N-ethyl adjacent to an activating group) is 1. The van der Waals surface area contributed by atoms with Crippen molar-refractivity contribution in [1.29, 1.82) is 0 Å². The normalized spacial score (nSPS) is 29.0. The van der Waals surface area contributed by atoms with E-state index in [1.165, 1.54) is 64.8 Å². The predicted molar refractivity (Wildman–Crippen MR) is 78.0 cm³/mol. The van der Waals surface area contributed by atoms with Crippen molar-refractivity contribution < 1.29 is 0 Å². The summed E-state index contributed by atoms with van der Waals surface area (Å²) in [5, 5.41) is 3.52. The van der Waals surface area contributed by atoms with Crippen molar-refractivity contribution in [3.05, 3.63) is 0 Å². The Kier molecular flexibility index (Phi) is 5.05. The Balaban J connectivity index is 1.89. The first kappa shape index (κ1) is 14.3. The Labute approximate surface area is 113 Å². The fourth-order valence-corrected chi connectivity index (χ4v) is 3.83. The molecule has 2 saturated heterocycles. The van der Waals surface area contributed by atoms with Crippen molar-refractivity contribution in [3.8, 4) is 0 Å². The molecule has 106 valence electrons. The molecule has 0 radical (unpaired) electrons. The number of nitrogens with one attached hydrogen (secondary N) is 1. The fourth-order valence-electron chi connectivity index (χ4n) is 3.83. The minimum atomic E-state index is 0.612. The first-order valence-electron chi connectivity index (χ1n) is 7.75. The van der Waals surface area contributed by atoms with Crippen molar-refractivity contribution in [2.45, 2.75) is 45.1 Å². The quantitative estimate of drug-likeness (QED) is 0.806. The van der Waals surface area contributed by atoms with Gasteiger partial charge in [-0.15, -0.1) is 0 Å². The highest BCUT2D eigenvalue weighted by molar-refractivity contribution is 4.90. The Morgan fingerprint density at radius 2 is 2.00 bits per heavy atom. The second kappa shape index (κ2) is 6.36. The van der Waals surface area contributed by atoms with Gasteiger partial charge in [0.1, 0.15) is 0 Å². The van der Waals surface area contributed by atoms with Gasteiger partial charge in [0, 0.05) is 19.1 Å². The molecule has 0 aromatic heterocycles. The fraction of sp³-hybridized carbons (Fsp3) is 1.00. The van der Waals surface area contributed by atoms with Crippen molar-refractivity contribution in [3.63, 3.8) is 0 Å². The van der Waals surface area contributed by atoms with Gasteiger partial charge in [0.25, 0.3) is 0 Å². The molecule has 0 aliphatic carbocycles. The Morgan fingerprint density at radius 1 is 1.28 bits per heavy atom. The molecule has 2 rings (SSSR count). The molecule has 2 aliphatic heterocycles. The summed E-state index contributed by atoms with van der Waals surface area (Å²) in [5.41, 5.74) is 0.612. The summed E-state index contributed by atoms with van der Waals surface area (Å²) in [4.78, 5) is 5.13. The van der Waals surface area contributed by atoms with Gasteiger partial charge in [-0.2, -0.15) is 0 Å². The van der Waals surface area contributed by atoms with Crippen molar-refractivity contribution in [1.82, 2.24) is 15.1 Å². The van der Waals surface area contributed by atoms with Gasteiger partial charge in [0.05, 0.1) is 0 Å². The highest BCUT2D eigenvalue weighted by Gasteiger charge is 2.35. The summed E-state index contributed by atoms with van der Waals surface area (Å²) in [6.07, 6.45) is 6.87. The van der Waals surface area contributed by atoms with Crippen molar-refractivity contribution in [2.75, 3.05) is 46.8 Å². The summed E-state index contributed by atoms with van der Waals surface area (Å²) < 4.78 is 0. The molecule has 2 heterocycles. The van der Waals surface area contributed by atoms with E-state index >= 15 is 0 Å². The van der Waals surface area contributed by atoms with E-state index in [9.17, 15) is 0 Å². The molecule has 1 N–H and O–H groups in total. The van der Waals surface area contributed by atoms with E-state index in [-0.39, 0.29) is 0 Å². The monoisotopic (exact) mass is 253 g/mol. The molecule has 0 saturated carbocycles. The minimum Gasteiger partial charge on any atom is -0.317 e. The van der Waals surface area contributed by atoms with E-state index in [1.807, 2.05) is 0 Å². The summed E-state index contributed by atoms with van der Waals surface area (Å²) in [7, 11) is 4.45. The van der Waals surface area contributed by atoms with Gasteiger partial charge in [-0.3, -0.25) is 0 Å². The molecular weight excluding hydrogens is 222 g/mol. The van der Waals surface area contributed by atoms with Crippen LogP contribution in [0.25, 0.3) is 0 Å². The van der Waals surface area contributed by atoms with Gasteiger partial charge in [-0.05, 0) is 64.8 Å². The maximum atomic E-state index is 3.52. The Bertz CT molecular complexity index is 241. The minimum absolute atomic E-state index is 0.612. The highest BCUT2D eigenvalue weighted by Crippen LogP contribution is 2.35. The van der Waals surface area contributed by atoms with Crippen molar-refractivity contribution >= 4 is 0 Å². The van der Waals surface area contributed by atoms with Crippen LogP contribution in [0.5, 0.6) is 0 Å². The molecule has 1 unspecified atom stereocenters. The summed E-state index contributed by atoms with van der Waals surface area (Å²) in [6, 6.07) is 0.783. The van der Waals surface area contributed by atoms with Gasteiger partial charge in [-0.1, -0.05) is 13.3 Å². The summed E-state index contributed by atoms with van der Waals surface area (Å²) in [6.45, 7) is 8.73. The second-order valence-electron chi connectivity index (χ2n) is 6.64. The summed E-state index contributed by atoms with van der Waals surface area (Å²) in [5.74, 6) is 0. The van der Waals surface area contributed by atoms with Gasteiger partial charge in [0.15, 0.2) is 0 Å². The maximum absolute atomic E-state index is 3.52. The zero-order chi connectivity index (χ0) is 13.0. The standard InChI is InChI=1S/C15H31N3/c1-4-6-15(7-9-16-10-8-15)13-18-11-5-14(12-18)17(2)3/h14,16H,4-13H2,1-3H3. The molecule has 2 fully saturated rings. The number of likely N-dealkylation sites (tertiary alicyclic amines) is 1. The molecule has 3 nitrogen and oxygen atoms in total. The molecular formula is C15H31N3. The zero-order valence-corrected chi connectivity index (χ0v) is 12.5. The average molecular weight is 253 g/mol. The van der Waals surface area contributed by atoms with Crippen LogP contribution >= 0.6 is 0 Å². The van der Waals surface area contributed by atoms with Crippen LogP contribution in [0.2, 0.25) is 0 Å². The third-order valence-corrected chi connectivity index (χ3v) is 4.98. The number of piperidine rings is 1. The van der Waals surface area contributed by atoms with Crippen LogP contribution in [0.1, 0.15) is 39.0 Å². The van der Waals surface area contributed by atoms with E-state index in [2.05, 4.69) is 36.1 Å². The first-order valence-corrected chi connectivity index (χ1v) is 7.75. The summed E-state index contributed by atoms with van der Waals surface area (Å²) >= 11 is 0. The number of hydrogen-bond donors (Lipinski definition) is 1. The van der Waals surface area contributed by atoms with E-state index in [1.54, 1.807) is 0 Å². The highest BCUT2D eigenvalue weighted by atomic mass is 15.2. The Hall–Kier alpha value is -0.120. The Morgan fingerprint density at radius 3 is 2.56 bits per heavy atom. The number of nitrogens with zero attached hydrogens (tertiary/aromatic N) is 2. The van der Waals surface area contributed by atoms with Gasteiger partial charge < -0.3 is 15.1 Å². The van der Waals surface area contributed by atoms with E-state index in [4.69, 9.17) is 0 Å². The van der Waals surface area contributed by atoms with Crippen molar-refractivity contribution in [2.24, 2.45) is 5.41 Å². The number of rotatable bonds is 5.